The molecule has 2 heterocycles. The van der Waals surface area contributed by atoms with Crippen molar-refractivity contribution in [2.45, 2.75) is 25.6 Å². The zero-order chi connectivity index (χ0) is 16.2. The number of carbonyl (C=O) groups is 1. The first-order valence-electron chi connectivity index (χ1n) is 7.32. The smallest absolute Gasteiger partial charge is 0.242 e. The molecule has 1 aliphatic rings. The van der Waals surface area contributed by atoms with Crippen molar-refractivity contribution in [1.29, 1.82) is 0 Å². The first-order valence-corrected chi connectivity index (χ1v) is 9.08. The predicted octanol–water partition coefficient (Wildman–Crippen LogP) is 3.91. The van der Waals surface area contributed by atoms with Crippen molar-refractivity contribution in [3.8, 4) is 0 Å². The van der Waals surface area contributed by atoms with E-state index in [1.165, 1.54) is 17.3 Å². The molecule has 1 unspecified atom stereocenters. The molecule has 0 spiro atoms. The third-order valence-corrected chi connectivity index (χ3v) is 5.46. The van der Waals surface area contributed by atoms with Crippen LogP contribution in [0.2, 0.25) is 0 Å². The van der Waals surface area contributed by atoms with Gasteiger partial charge in [-0.25, -0.2) is 0 Å². The van der Waals surface area contributed by atoms with E-state index in [9.17, 15) is 4.79 Å². The molecule has 0 radical (unpaired) electrons. The van der Waals surface area contributed by atoms with E-state index in [-0.39, 0.29) is 11.2 Å². The van der Waals surface area contributed by atoms with Gasteiger partial charge < -0.3 is 0 Å². The topological polar surface area (TPSA) is 45.0 Å². The summed E-state index contributed by atoms with van der Waals surface area (Å²) in [7, 11) is 0. The number of carbonyl (C=O) groups excluding carboxylic acids is 1. The largest absolute Gasteiger partial charge is 0.284 e. The Morgan fingerprint density at radius 2 is 2.09 bits per heavy atom. The molecule has 6 heteroatoms. The monoisotopic (exact) mass is 343 g/mol. The van der Waals surface area contributed by atoms with E-state index < -0.39 is 0 Å². The van der Waals surface area contributed by atoms with Gasteiger partial charge in [0.2, 0.25) is 5.91 Å². The maximum absolute atomic E-state index is 12.4. The molecule has 0 saturated carbocycles. The fourth-order valence-corrected chi connectivity index (χ4v) is 3.77. The number of hydrogen-bond acceptors (Lipinski definition) is 5. The number of rotatable bonds is 4. The van der Waals surface area contributed by atoms with E-state index in [2.05, 4.69) is 23.2 Å². The summed E-state index contributed by atoms with van der Waals surface area (Å²) in [4.78, 5) is 15.2. The Hall–Kier alpha value is -1.92. The zero-order valence-corrected chi connectivity index (χ0v) is 14.6. The van der Waals surface area contributed by atoms with Crippen molar-refractivity contribution in [1.82, 2.24) is 4.90 Å². The molecule has 4 nitrogen and oxygen atoms in total. The summed E-state index contributed by atoms with van der Waals surface area (Å²) in [6.07, 6.45) is 1.72. The van der Waals surface area contributed by atoms with Gasteiger partial charge in [-0.2, -0.15) is 5.10 Å². The number of nitrogens with zero attached hydrogens (tertiary/aromatic N) is 3. The summed E-state index contributed by atoms with van der Waals surface area (Å²) in [5.74, 6) is 0.0864. The normalized spacial score (nSPS) is 20.1. The van der Waals surface area contributed by atoms with Gasteiger partial charge >= 0.3 is 0 Å². The summed E-state index contributed by atoms with van der Waals surface area (Å²) in [6, 6.07) is 12.0. The van der Waals surface area contributed by atoms with E-state index in [4.69, 9.17) is 0 Å². The van der Waals surface area contributed by atoms with Crippen LogP contribution in [0.1, 0.15) is 22.9 Å². The van der Waals surface area contributed by atoms with Gasteiger partial charge in [-0.15, -0.1) is 16.4 Å². The molecule has 1 aromatic carbocycles. The lowest BCUT2D eigenvalue weighted by atomic mass is 10.1. The highest BCUT2D eigenvalue weighted by molar-refractivity contribution is 8.15. The highest BCUT2D eigenvalue weighted by atomic mass is 32.2. The molecule has 23 heavy (non-hydrogen) atoms. The number of amidine groups is 1. The van der Waals surface area contributed by atoms with Crippen LogP contribution in [0.4, 0.5) is 0 Å². The van der Waals surface area contributed by atoms with Gasteiger partial charge in [0.05, 0.1) is 18.0 Å². The van der Waals surface area contributed by atoms with Crippen molar-refractivity contribution in [2.24, 2.45) is 10.2 Å². The van der Waals surface area contributed by atoms with Crippen molar-refractivity contribution in [3.05, 3.63) is 57.8 Å². The Morgan fingerprint density at radius 1 is 1.26 bits per heavy atom. The summed E-state index contributed by atoms with van der Waals surface area (Å²) in [5, 5.41) is 10.9. The lowest BCUT2D eigenvalue weighted by Crippen LogP contribution is -2.31. The van der Waals surface area contributed by atoms with Crippen LogP contribution in [0.15, 0.2) is 52.0 Å². The molecule has 1 aliphatic heterocycles. The third kappa shape index (κ3) is 3.71. The maximum Gasteiger partial charge on any atom is 0.242 e. The van der Waals surface area contributed by atoms with Crippen molar-refractivity contribution in [3.63, 3.8) is 0 Å². The quantitative estimate of drug-likeness (QED) is 0.624. The first-order chi connectivity index (χ1) is 11.1. The predicted molar refractivity (Wildman–Crippen MR) is 98.1 cm³/mol. The van der Waals surface area contributed by atoms with Gasteiger partial charge in [0.1, 0.15) is 0 Å². The number of thioether (sulfide) groups is 1. The minimum absolute atomic E-state index is 0.0864. The molecule has 1 amide bonds. The van der Waals surface area contributed by atoms with E-state index in [1.807, 2.05) is 42.6 Å². The van der Waals surface area contributed by atoms with Gasteiger partial charge in [0.15, 0.2) is 5.17 Å². The molecule has 3 rings (SSSR count). The lowest BCUT2D eigenvalue weighted by molar-refractivity contribution is -0.126. The summed E-state index contributed by atoms with van der Waals surface area (Å²) >= 11 is 3.07. The van der Waals surface area contributed by atoms with Crippen LogP contribution >= 0.6 is 23.1 Å². The van der Waals surface area contributed by atoms with Crippen LogP contribution in [-0.4, -0.2) is 27.4 Å². The van der Waals surface area contributed by atoms with Crippen LogP contribution in [0.3, 0.4) is 0 Å². The van der Waals surface area contributed by atoms with Crippen LogP contribution in [0, 0.1) is 6.92 Å². The molecule has 0 N–H and O–H groups in total. The second-order valence-electron chi connectivity index (χ2n) is 5.25. The van der Waals surface area contributed by atoms with Crippen LogP contribution in [-0.2, 0) is 11.3 Å². The average Bonchev–Trinajstić information content (AvgIpc) is 3.14. The maximum atomic E-state index is 12.4. The van der Waals surface area contributed by atoms with Gasteiger partial charge in [0.25, 0.3) is 0 Å². The van der Waals surface area contributed by atoms with Crippen molar-refractivity contribution < 1.29 is 4.79 Å². The number of thiophene rings is 1. The highest BCUT2D eigenvalue weighted by Gasteiger charge is 2.35. The molecule has 1 aromatic heterocycles. The Balaban J connectivity index is 1.80. The van der Waals surface area contributed by atoms with Gasteiger partial charge in [0, 0.05) is 4.88 Å². The fraction of sp³-hybridized carbons (Fsp3) is 0.235. The number of aryl methyl sites for hydroxylation is 1. The molecule has 2 aromatic rings. The van der Waals surface area contributed by atoms with Crippen molar-refractivity contribution >= 4 is 40.4 Å². The molecule has 1 fully saturated rings. The van der Waals surface area contributed by atoms with Crippen molar-refractivity contribution in [2.75, 3.05) is 0 Å². The lowest BCUT2D eigenvalue weighted by Gasteiger charge is -2.16. The van der Waals surface area contributed by atoms with Gasteiger partial charge in [-0.1, -0.05) is 42.1 Å². The summed E-state index contributed by atoms with van der Waals surface area (Å²) < 4.78 is 0. The molecule has 0 aliphatic carbocycles. The van der Waals surface area contributed by atoms with E-state index in [0.29, 0.717) is 11.7 Å². The summed E-state index contributed by atoms with van der Waals surface area (Å²) in [5.41, 5.74) is 2.30. The van der Waals surface area contributed by atoms with Crippen LogP contribution in [0.5, 0.6) is 0 Å². The Morgan fingerprint density at radius 3 is 2.83 bits per heavy atom. The number of amides is 1. The second kappa shape index (κ2) is 7.10. The van der Waals surface area contributed by atoms with Gasteiger partial charge in [-0.3, -0.25) is 9.69 Å². The minimum atomic E-state index is -0.116. The van der Waals surface area contributed by atoms with E-state index in [1.54, 1.807) is 22.5 Å². The molecule has 0 bridgehead atoms. The summed E-state index contributed by atoms with van der Waals surface area (Å²) in [6.45, 7) is 4.50. The molecular formula is C17H17N3OS2. The van der Waals surface area contributed by atoms with Gasteiger partial charge in [-0.05, 0) is 36.4 Å². The second-order valence-corrected chi connectivity index (χ2v) is 7.54. The van der Waals surface area contributed by atoms with E-state index >= 15 is 0 Å². The molecule has 1 atom stereocenters. The third-order valence-electron chi connectivity index (χ3n) is 3.59. The number of benzene rings is 1. The molecule has 118 valence electrons. The van der Waals surface area contributed by atoms with Crippen LogP contribution in [0.25, 0.3) is 0 Å². The van der Waals surface area contributed by atoms with E-state index in [0.717, 1.165) is 10.4 Å². The Labute approximate surface area is 143 Å². The Bertz CT molecular complexity index is 753. The molecule has 1 saturated heterocycles. The highest BCUT2D eigenvalue weighted by Crippen LogP contribution is 2.29. The SMILES string of the molecule is Cc1ccccc1CN1C(=O)C(C)S/C1=N\N=C\c1cccs1. The minimum Gasteiger partial charge on any atom is -0.284 e. The van der Waals surface area contributed by atoms with Crippen LogP contribution < -0.4 is 0 Å². The average molecular weight is 343 g/mol. The standard InChI is InChI=1S/C17H17N3OS2/c1-12-6-3-4-7-14(12)11-20-16(21)13(2)23-17(20)19-18-10-15-8-5-9-22-15/h3-10,13H,11H2,1-2H3/b18-10+,19-17-. The zero-order valence-electron chi connectivity index (χ0n) is 13.0. The molecular weight excluding hydrogens is 326 g/mol. The Kier molecular flexibility index (Phi) is 4.93. The fourth-order valence-electron chi connectivity index (χ4n) is 2.27. The number of hydrogen-bond donors (Lipinski definition) is 0. The first kappa shape index (κ1) is 16.0.